The van der Waals surface area contributed by atoms with Crippen LogP contribution in [0.4, 0.5) is 0 Å². The second kappa shape index (κ2) is 5.08. The van der Waals surface area contributed by atoms with Crippen LogP contribution >= 0.6 is 0 Å². The van der Waals surface area contributed by atoms with Gasteiger partial charge in [0.25, 0.3) is 0 Å². The maximum absolute atomic E-state index is 4.52. The fraction of sp³-hybridized carbons (Fsp3) is 0.737. The normalized spacial score (nSPS) is 40.2. The summed E-state index contributed by atoms with van der Waals surface area (Å²) in [5.41, 5.74) is 1.76. The predicted octanol–water partition coefficient (Wildman–Crippen LogP) is 4.34. The summed E-state index contributed by atoms with van der Waals surface area (Å²) in [7, 11) is 0. The highest BCUT2D eigenvalue weighted by molar-refractivity contribution is 5.10. The van der Waals surface area contributed by atoms with Crippen LogP contribution in [0.15, 0.2) is 24.4 Å². The molecule has 4 fully saturated rings. The van der Waals surface area contributed by atoms with Crippen molar-refractivity contribution in [3.63, 3.8) is 0 Å². The summed E-state index contributed by atoms with van der Waals surface area (Å²) < 4.78 is 0. The number of nitrogens with zero attached hydrogens (tertiary/aromatic N) is 1. The molecule has 0 amide bonds. The van der Waals surface area contributed by atoms with Gasteiger partial charge in [-0.25, -0.2) is 0 Å². The first-order valence-electron chi connectivity index (χ1n) is 8.81. The molecule has 1 aromatic rings. The van der Waals surface area contributed by atoms with Crippen molar-refractivity contribution < 1.29 is 0 Å². The second-order valence-corrected chi connectivity index (χ2v) is 8.14. The van der Waals surface area contributed by atoms with Gasteiger partial charge in [-0.3, -0.25) is 4.98 Å². The number of hydrogen-bond acceptors (Lipinski definition) is 2. The lowest BCUT2D eigenvalue weighted by Crippen LogP contribution is -2.55. The molecule has 2 heteroatoms. The molecule has 2 nitrogen and oxygen atoms in total. The van der Waals surface area contributed by atoms with E-state index in [4.69, 9.17) is 0 Å². The van der Waals surface area contributed by atoms with Crippen molar-refractivity contribution in [1.82, 2.24) is 10.3 Å². The van der Waals surface area contributed by atoms with Gasteiger partial charge in [-0.2, -0.15) is 0 Å². The lowest BCUT2D eigenvalue weighted by Gasteiger charge is -2.59. The summed E-state index contributed by atoms with van der Waals surface area (Å²) in [5.74, 6) is 3.10. The van der Waals surface area contributed by atoms with Crippen molar-refractivity contribution in [3.05, 3.63) is 30.1 Å². The highest BCUT2D eigenvalue weighted by atomic mass is 15.0. The predicted molar refractivity (Wildman–Crippen MR) is 85.9 cm³/mol. The Hall–Kier alpha value is -0.890. The summed E-state index contributed by atoms with van der Waals surface area (Å²) in [6.45, 7) is 4.70. The summed E-state index contributed by atoms with van der Waals surface area (Å²) in [4.78, 5) is 4.52. The fourth-order valence-electron chi connectivity index (χ4n) is 5.98. The van der Waals surface area contributed by atoms with E-state index in [9.17, 15) is 0 Å². The minimum absolute atomic E-state index is 0.356. The Bertz CT molecular complexity index is 460. The van der Waals surface area contributed by atoms with E-state index in [2.05, 4.69) is 36.3 Å². The van der Waals surface area contributed by atoms with E-state index in [0.717, 1.165) is 17.8 Å². The maximum atomic E-state index is 4.52. The zero-order valence-corrected chi connectivity index (χ0v) is 13.4. The molecule has 5 rings (SSSR count). The zero-order chi connectivity index (χ0) is 14.4. The van der Waals surface area contributed by atoms with E-state index in [1.807, 2.05) is 12.3 Å². The summed E-state index contributed by atoms with van der Waals surface area (Å²) in [6, 6.07) is 7.20. The first-order chi connectivity index (χ1) is 10.1. The van der Waals surface area contributed by atoms with Gasteiger partial charge >= 0.3 is 0 Å². The highest BCUT2D eigenvalue weighted by Gasteiger charge is 2.53. The Morgan fingerprint density at radius 2 is 1.67 bits per heavy atom. The molecular weight excluding hydrogens is 256 g/mol. The number of rotatable bonds is 4. The van der Waals surface area contributed by atoms with Crippen LogP contribution < -0.4 is 5.32 Å². The molecule has 21 heavy (non-hydrogen) atoms. The molecular formula is C19H28N2. The van der Waals surface area contributed by atoms with Crippen LogP contribution in [0.25, 0.3) is 0 Å². The molecule has 0 aromatic carbocycles. The third-order valence-electron chi connectivity index (χ3n) is 6.64. The van der Waals surface area contributed by atoms with E-state index >= 15 is 0 Å². The van der Waals surface area contributed by atoms with Gasteiger partial charge in [0.1, 0.15) is 0 Å². The lowest BCUT2D eigenvalue weighted by molar-refractivity contribution is -0.0720. The third kappa shape index (κ3) is 2.42. The van der Waals surface area contributed by atoms with E-state index in [1.165, 1.54) is 44.2 Å². The SMILES string of the molecule is CC(NC(C)C12CC3CC(CC(C3)C1)C2)c1ccccn1. The Morgan fingerprint density at radius 1 is 1.05 bits per heavy atom. The summed E-state index contributed by atoms with van der Waals surface area (Å²) >= 11 is 0. The number of nitrogens with one attached hydrogen (secondary N) is 1. The molecule has 0 saturated heterocycles. The van der Waals surface area contributed by atoms with Crippen LogP contribution in [0.1, 0.15) is 64.1 Å². The van der Waals surface area contributed by atoms with Gasteiger partial charge in [0.05, 0.1) is 5.69 Å². The van der Waals surface area contributed by atoms with Gasteiger partial charge in [-0.1, -0.05) is 6.07 Å². The largest absolute Gasteiger partial charge is 0.306 e. The maximum Gasteiger partial charge on any atom is 0.0570 e. The Morgan fingerprint density at radius 3 is 2.19 bits per heavy atom. The van der Waals surface area contributed by atoms with E-state index in [0.29, 0.717) is 17.5 Å². The fourth-order valence-corrected chi connectivity index (χ4v) is 5.98. The topological polar surface area (TPSA) is 24.9 Å². The molecule has 1 aromatic heterocycles. The summed E-state index contributed by atoms with van der Waals surface area (Å²) in [5, 5.41) is 3.89. The summed E-state index contributed by atoms with van der Waals surface area (Å²) in [6.07, 6.45) is 10.9. The molecule has 1 heterocycles. The number of aromatic nitrogens is 1. The van der Waals surface area contributed by atoms with E-state index in [1.54, 1.807) is 0 Å². The first kappa shape index (κ1) is 13.8. The van der Waals surface area contributed by atoms with Crippen molar-refractivity contribution >= 4 is 0 Å². The van der Waals surface area contributed by atoms with Gasteiger partial charge in [-0.15, -0.1) is 0 Å². The molecule has 2 unspecified atom stereocenters. The molecule has 0 spiro atoms. The minimum atomic E-state index is 0.356. The molecule has 4 aliphatic carbocycles. The van der Waals surface area contributed by atoms with Gasteiger partial charge in [0.2, 0.25) is 0 Å². The first-order valence-corrected chi connectivity index (χ1v) is 8.81. The quantitative estimate of drug-likeness (QED) is 0.889. The van der Waals surface area contributed by atoms with Gasteiger partial charge < -0.3 is 5.32 Å². The van der Waals surface area contributed by atoms with Gasteiger partial charge in [0, 0.05) is 18.3 Å². The Labute approximate surface area is 128 Å². The van der Waals surface area contributed by atoms with Crippen molar-refractivity contribution in [1.29, 1.82) is 0 Å². The molecule has 0 radical (unpaired) electrons. The van der Waals surface area contributed by atoms with Crippen LogP contribution in [0, 0.1) is 23.2 Å². The Balaban J connectivity index is 1.49. The Kier molecular flexibility index (Phi) is 3.33. The van der Waals surface area contributed by atoms with Crippen LogP contribution in [0.2, 0.25) is 0 Å². The van der Waals surface area contributed by atoms with Crippen molar-refractivity contribution in [3.8, 4) is 0 Å². The van der Waals surface area contributed by atoms with Gasteiger partial charge in [-0.05, 0) is 87.7 Å². The molecule has 114 valence electrons. The van der Waals surface area contributed by atoms with Crippen molar-refractivity contribution in [2.24, 2.45) is 23.2 Å². The highest BCUT2D eigenvalue weighted by Crippen LogP contribution is 2.61. The minimum Gasteiger partial charge on any atom is -0.306 e. The lowest BCUT2D eigenvalue weighted by atomic mass is 9.48. The van der Waals surface area contributed by atoms with Crippen LogP contribution in [0.3, 0.4) is 0 Å². The third-order valence-corrected chi connectivity index (χ3v) is 6.64. The molecule has 2 atom stereocenters. The monoisotopic (exact) mass is 284 g/mol. The standard InChI is InChI=1S/C19H28N2/c1-13(18-5-3-4-6-20-18)21-14(2)19-10-15-7-16(11-19)9-17(8-15)12-19/h3-6,13-17,21H,7-12H2,1-2H3. The molecule has 4 bridgehead atoms. The average molecular weight is 284 g/mol. The van der Waals surface area contributed by atoms with Crippen molar-refractivity contribution in [2.75, 3.05) is 0 Å². The van der Waals surface area contributed by atoms with Crippen LogP contribution in [-0.2, 0) is 0 Å². The molecule has 1 N–H and O–H groups in total. The van der Waals surface area contributed by atoms with E-state index < -0.39 is 0 Å². The molecule has 4 saturated carbocycles. The number of hydrogen-bond donors (Lipinski definition) is 1. The van der Waals surface area contributed by atoms with Crippen LogP contribution in [0.5, 0.6) is 0 Å². The second-order valence-electron chi connectivity index (χ2n) is 8.14. The smallest absolute Gasteiger partial charge is 0.0570 e. The number of pyridine rings is 1. The van der Waals surface area contributed by atoms with E-state index in [-0.39, 0.29) is 0 Å². The van der Waals surface area contributed by atoms with Gasteiger partial charge in [0.15, 0.2) is 0 Å². The molecule has 4 aliphatic rings. The average Bonchev–Trinajstić information content (AvgIpc) is 2.46. The molecule has 0 aliphatic heterocycles. The van der Waals surface area contributed by atoms with Crippen LogP contribution in [-0.4, -0.2) is 11.0 Å². The van der Waals surface area contributed by atoms with Crippen molar-refractivity contribution in [2.45, 2.75) is 64.5 Å². The zero-order valence-electron chi connectivity index (χ0n) is 13.4.